The average Bonchev–Trinajstić information content (AvgIpc) is 2.62. The molecule has 1 aromatic carbocycles. The Balaban J connectivity index is 1.68. The summed E-state index contributed by atoms with van der Waals surface area (Å²) in [5.41, 5.74) is 2.56. The Hall–Kier alpha value is -2.56. The third-order valence-corrected chi connectivity index (χ3v) is 4.57. The molecule has 1 aliphatic rings. The van der Waals surface area contributed by atoms with Crippen LogP contribution in [-0.2, 0) is 0 Å². The number of pyridine rings is 1. The summed E-state index contributed by atoms with van der Waals surface area (Å²) in [7, 11) is 1.54. The van der Waals surface area contributed by atoms with E-state index in [0.29, 0.717) is 30.5 Å². The van der Waals surface area contributed by atoms with E-state index in [1.165, 1.54) is 12.7 Å². The van der Waals surface area contributed by atoms with Gasteiger partial charge in [-0.05, 0) is 55.5 Å². The number of carbonyl (C=O) groups is 1. The number of phenolic OH excluding ortho intramolecular Hbond substituents is 1. The molecule has 0 unspecified atom stereocenters. The molecule has 0 radical (unpaired) electrons. The quantitative estimate of drug-likeness (QED) is 0.941. The number of hydrogen-bond acceptors (Lipinski definition) is 4. The van der Waals surface area contributed by atoms with Crippen molar-refractivity contribution in [3.8, 4) is 11.6 Å². The van der Waals surface area contributed by atoms with Gasteiger partial charge in [0.1, 0.15) is 11.3 Å². The van der Waals surface area contributed by atoms with Gasteiger partial charge in [-0.1, -0.05) is 12.1 Å². The smallest absolute Gasteiger partial charge is 0.259 e. The number of nitrogens with zero attached hydrogens (tertiary/aromatic N) is 2. The molecule has 1 amide bonds. The SMILES string of the molecule is COc1nc(C)ccc1C(=O)N1CCC(c2ccc(O)cc2)CC1. The molecule has 126 valence electrons. The summed E-state index contributed by atoms with van der Waals surface area (Å²) in [6.45, 7) is 3.29. The van der Waals surface area contributed by atoms with Gasteiger partial charge in [-0.2, -0.15) is 0 Å². The monoisotopic (exact) mass is 326 g/mol. The highest BCUT2D eigenvalue weighted by atomic mass is 16.5. The van der Waals surface area contributed by atoms with Crippen LogP contribution in [0.25, 0.3) is 0 Å². The van der Waals surface area contributed by atoms with Crippen LogP contribution in [0.15, 0.2) is 36.4 Å². The van der Waals surface area contributed by atoms with Crippen molar-refractivity contribution in [2.75, 3.05) is 20.2 Å². The molecule has 2 aromatic rings. The summed E-state index contributed by atoms with van der Waals surface area (Å²) in [5.74, 6) is 1.07. The Morgan fingerprint density at radius 3 is 2.46 bits per heavy atom. The number of rotatable bonds is 3. The van der Waals surface area contributed by atoms with Crippen LogP contribution in [0.3, 0.4) is 0 Å². The number of ether oxygens (including phenoxy) is 1. The van der Waals surface area contributed by atoms with E-state index in [1.807, 2.05) is 30.0 Å². The predicted octanol–water partition coefficient (Wildman–Crippen LogP) is 3.12. The molecule has 1 fully saturated rings. The zero-order valence-corrected chi connectivity index (χ0v) is 14.0. The summed E-state index contributed by atoms with van der Waals surface area (Å²) < 4.78 is 5.26. The van der Waals surface area contributed by atoms with Crippen LogP contribution in [0.5, 0.6) is 11.6 Å². The van der Waals surface area contributed by atoms with E-state index in [2.05, 4.69) is 4.98 Å². The Morgan fingerprint density at radius 1 is 1.17 bits per heavy atom. The fourth-order valence-corrected chi connectivity index (χ4v) is 3.18. The summed E-state index contributed by atoms with van der Waals surface area (Å²) in [6.07, 6.45) is 1.83. The first-order valence-corrected chi connectivity index (χ1v) is 8.18. The third kappa shape index (κ3) is 3.35. The second-order valence-corrected chi connectivity index (χ2v) is 6.17. The molecule has 0 aliphatic carbocycles. The van der Waals surface area contributed by atoms with Crippen molar-refractivity contribution in [3.05, 3.63) is 53.2 Å². The third-order valence-electron chi connectivity index (χ3n) is 4.57. The van der Waals surface area contributed by atoms with E-state index in [1.54, 1.807) is 18.2 Å². The highest BCUT2D eigenvalue weighted by Crippen LogP contribution is 2.30. The van der Waals surface area contributed by atoms with E-state index in [9.17, 15) is 9.90 Å². The minimum Gasteiger partial charge on any atom is -0.508 e. The summed E-state index contributed by atoms with van der Waals surface area (Å²) in [6, 6.07) is 11.0. The number of hydrogen-bond donors (Lipinski definition) is 1. The highest BCUT2D eigenvalue weighted by molar-refractivity contribution is 5.96. The Kier molecular flexibility index (Phi) is 4.69. The lowest BCUT2D eigenvalue weighted by Crippen LogP contribution is -2.38. The molecule has 1 aromatic heterocycles. The molecule has 1 saturated heterocycles. The van der Waals surface area contributed by atoms with E-state index in [0.717, 1.165) is 18.5 Å². The second kappa shape index (κ2) is 6.91. The van der Waals surface area contributed by atoms with Gasteiger partial charge < -0.3 is 14.7 Å². The average molecular weight is 326 g/mol. The first-order valence-electron chi connectivity index (χ1n) is 8.18. The van der Waals surface area contributed by atoms with Crippen LogP contribution < -0.4 is 4.74 Å². The van der Waals surface area contributed by atoms with E-state index < -0.39 is 0 Å². The maximum absolute atomic E-state index is 12.8. The lowest BCUT2D eigenvalue weighted by Gasteiger charge is -2.32. The normalized spacial score (nSPS) is 15.3. The number of aryl methyl sites for hydroxylation is 1. The van der Waals surface area contributed by atoms with E-state index >= 15 is 0 Å². The van der Waals surface area contributed by atoms with Gasteiger partial charge >= 0.3 is 0 Å². The summed E-state index contributed by atoms with van der Waals surface area (Å²) in [4.78, 5) is 18.9. The largest absolute Gasteiger partial charge is 0.508 e. The number of methoxy groups -OCH3 is 1. The molecule has 0 spiro atoms. The topological polar surface area (TPSA) is 62.7 Å². The molecular formula is C19H22N2O3. The molecule has 0 atom stereocenters. The van der Waals surface area contributed by atoms with Crippen molar-refractivity contribution in [2.45, 2.75) is 25.7 Å². The molecule has 2 heterocycles. The molecule has 3 rings (SSSR count). The van der Waals surface area contributed by atoms with Gasteiger partial charge in [-0.15, -0.1) is 0 Å². The highest BCUT2D eigenvalue weighted by Gasteiger charge is 2.26. The zero-order chi connectivity index (χ0) is 17.1. The number of benzene rings is 1. The second-order valence-electron chi connectivity index (χ2n) is 6.17. The summed E-state index contributed by atoms with van der Waals surface area (Å²) >= 11 is 0. The number of piperidine rings is 1. The van der Waals surface area contributed by atoms with Gasteiger partial charge in [0.05, 0.1) is 7.11 Å². The van der Waals surface area contributed by atoms with Crippen LogP contribution in [-0.4, -0.2) is 41.1 Å². The molecule has 0 bridgehead atoms. The molecular weight excluding hydrogens is 304 g/mol. The van der Waals surface area contributed by atoms with Crippen molar-refractivity contribution in [1.82, 2.24) is 9.88 Å². The molecule has 5 heteroatoms. The van der Waals surface area contributed by atoms with Gasteiger partial charge in [0.15, 0.2) is 0 Å². The van der Waals surface area contributed by atoms with Crippen molar-refractivity contribution in [1.29, 1.82) is 0 Å². The number of likely N-dealkylation sites (tertiary alicyclic amines) is 1. The molecule has 24 heavy (non-hydrogen) atoms. The molecule has 1 aliphatic heterocycles. The van der Waals surface area contributed by atoms with Crippen molar-refractivity contribution < 1.29 is 14.6 Å². The minimum atomic E-state index is -0.0245. The van der Waals surface area contributed by atoms with Crippen LogP contribution in [0, 0.1) is 6.92 Å². The van der Waals surface area contributed by atoms with Gasteiger partial charge in [0.25, 0.3) is 5.91 Å². The number of aromatic hydroxyl groups is 1. The fourth-order valence-electron chi connectivity index (χ4n) is 3.18. The molecule has 5 nitrogen and oxygen atoms in total. The van der Waals surface area contributed by atoms with E-state index in [4.69, 9.17) is 4.74 Å². The fraction of sp³-hybridized carbons (Fsp3) is 0.368. The molecule has 1 N–H and O–H groups in total. The van der Waals surface area contributed by atoms with Gasteiger partial charge in [-0.3, -0.25) is 4.79 Å². The maximum Gasteiger partial charge on any atom is 0.259 e. The Morgan fingerprint density at radius 2 is 1.83 bits per heavy atom. The van der Waals surface area contributed by atoms with Crippen LogP contribution in [0.2, 0.25) is 0 Å². The standard InChI is InChI=1S/C19H22N2O3/c1-13-3-8-17(18(20-13)24-2)19(23)21-11-9-15(10-12-21)14-4-6-16(22)7-5-14/h3-8,15,22H,9-12H2,1-2H3. The van der Waals surface area contributed by atoms with Crippen molar-refractivity contribution in [3.63, 3.8) is 0 Å². The maximum atomic E-state index is 12.8. The van der Waals surface area contributed by atoms with Crippen molar-refractivity contribution in [2.24, 2.45) is 0 Å². The van der Waals surface area contributed by atoms with E-state index in [-0.39, 0.29) is 11.7 Å². The lowest BCUT2D eigenvalue weighted by molar-refractivity contribution is 0.0708. The zero-order valence-electron chi connectivity index (χ0n) is 14.0. The lowest BCUT2D eigenvalue weighted by atomic mass is 9.89. The van der Waals surface area contributed by atoms with Crippen molar-refractivity contribution >= 4 is 5.91 Å². The summed E-state index contributed by atoms with van der Waals surface area (Å²) in [5, 5.41) is 9.39. The first kappa shape index (κ1) is 16.3. The Labute approximate surface area is 141 Å². The van der Waals surface area contributed by atoms with Crippen LogP contribution in [0.4, 0.5) is 0 Å². The van der Waals surface area contributed by atoms with Gasteiger partial charge in [0.2, 0.25) is 5.88 Å². The number of phenols is 1. The number of aromatic nitrogens is 1. The number of carbonyl (C=O) groups excluding carboxylic acids is 1. The van der Waals surface area contributed by atoms with Gasteiger partial charge in [0, 0.05) is 18.8 Å². The van der Waals surface area contributed by atoms with Gasteiger partial charge in [-0.25, -0.2) is 4.98 Å². The van der Waals surface area contributed by atoms with Crippen LogP contribution in [0.1, 0.15) is 40.4 Å². The van der Waals surface area contributed by atoms with Crippen LogP contribution >= 0.6 is 0 Å². The first-order chi connectivity index (χ1) is 11.6. The molecule has 0 saturated carbocycles. The predicted molar refractivity (Wildman–Crippen MR) is 91.5 cm³/mol. The number of amides is 1. The Bertz CT molecular complexity index is 720. The minimum absolute atomic E-state index is 0.0245.